The van der Waals surface area contributed by atoms with Crippen molar-refractivity contribution in [1.29, 1.82) is 0 Å². The van der Waals surface area contributed by atoms with Crippen molar-refractivity contribution in [3.05, 3.63) is 0 Å². The molecule has 1 saturated carbocycles. The predicted octanol–water partition coefficient (Wildman–Crippen LogP) is 1.13. The topological polar surface area (TPSA) is 104 Å². The summed E-state index contributed by atoms with van der Waals surface area (Å²) in [7, 11) is 0. The van der Waals surface area contributed by atoms with E-state index in [1.54, 1.807) is 0 Å². The van der Waals surface area contributed by atoms with Gasteiger partial charge < -0.3 is 21.5 Å². The summed E-state index contributed by atoms with van der Waals surface area (Å²) in [6, 6.07) is -1.35. The smallest absolute Gasteiger partial charge is 0.312 e. The van der Waals surface area contributed by atoms with E-state index < -0.39 is 17.6 Å². The van der Waals surface area contributed by atoms with Gasteiger partial charge in [0.15, 0.2) is 0 Å². The molecule has 0 aliphatic heterocycles. The van der Waals surface area contributed by atoms with Crippen LogP contribution >= 0.6 is 0 Å². The lowest BCUT2D eigenvalue weighted by Gasteiger charge is -2.39. The van der Waals surface area contributed by atoms with Crippen LogP contribution in [0.25, 0.3) is 0 Å². The molecule has 6 nitrogen and oxygen atoms in total. The summed E-state index contributed by atoms with van der Waals surface area (Å²) < 4.78 is 0. The van der Waals surface area contributed by atoms with Gasteiger partial charge >= 0.3 is 6.03 Å². The molecular weight excluding hydrogens is 270 g/mol. The molecular formula is C15H29N3O3. The van der Waals surface area contributed by atoms with Crippen LogP contribution in [-0.4, -0.2) is 35.2 Å². The van der Waals surface area contributed by atoms with E-state index in [-0.39, 0.29) is 18.4 Å². The third-order valence-electron chi connectivity index (χ3n) is 4.26. The van der Waals surface area contributed by atoms with Gasteiger partial charge in [0.1, 0.15) is 6.04 Å². The van der Waals surface area contributed by atoms with Crippen LogP contribution in [0.1, 0.15) is 52.9 Å². The highest BCUT2D eigenvalue weighted by Gasteiger charge is 2.36. The van der Waals surface area contributed by atoms with E-state index in [1.165, 1.54) is 0 Å². The van der Waals surface area contributed by atoms with Crippen LogP contribution in [0.4, 0.5) is 4.79 Å². The normalized spacial score (nSPS) is 27.2. The average molecular weight is 299 g/mol. The van der Waals surface area contributed by atoms with Gasteiger partial charge in [-0.3, -0.25) is 4.79 Å². The first kappa shape index (κ1) is 17.8. The SMILES string of the molecule is CC(C)CC(NC(N)=O)C(=O)NC1(CO)CCC(C)CC1. The minimum Gasteiger partial charge on any atom is -0.394 e. The number of rotatable bonds is 6. The minimum absolute atomic E-state index is 0.0730. The van der Waals surface area contributed by atoms with Gasteiger partial charge in [-0.05, 0) is 43.9 Å². The maximum Gasteiger partial charge on any atom is 0.312 e. The fourth-order valence-corrected chi connectivity index (χ4v) is 2.86. The molecule has 1 unspecified atom stereocenters. The zero-order chi connectivity index (χ0) is 16.0. The Balaban J connectivity index is 2.71. The molecule has 0 aromatic rings. The number of primary amides is 1. The molecule has 1 aliphatic rings. The van der Waals surface area contributed by atoms with Crippen LogP contribution in [0.2, 0.25) is 0 Å². The number of nitrogens with one attached hydrogen (secondary N) is 2. The van der Waals surface area contributed by atoms with Gasteiger partial charge in [0.2, 0.25) is 5.91 Å². The molecule has 21 heavy (non-hydrogen) atoms. The second-order valence-corrected chi connectivity index (χ2v) is 6.80. The Morgan fingerprint density at radius 3 is 2.33 bits per heavy atom. The lowest BCUT2D eigenvalue weighted by atomic mass is 9.77. The Kier molecular flexibility index (Phi) is 6.45. The summed E-state index contributed by atoms with van der Waals surface area (Å²) in [5.41, 5.74) is 4.59. The van der Waals surface area contributed by atoms with E-state index in [4.69, 9.17) is 5.73 Å². The molecule has 1 atom stereocenters. The van der Waals surface area contributed by atoms with Crippen molar-refractivity contribution in [2.24, 2.45) is 17.6 Å². The maximum absolute atomic E-state index is 12.4. The first-order chi connectivity index (χ1) is 9.78. The second-order valence-electron chi connectivity index (χ2n) is 6.80. The molecule has 1 fully saturated rings. The van der Waals surface area contributed by atoms with Crippen LogP contribution in [-0.2, 0) is 4.79 Å². The summed E-state index contributed by atoms with van der Waals surface area (Å²) in [5.74, 6) is 0.618. The van der Waals surface area contributed by atoms with Crippen molar-refractivity contribution >= 4 is 11.9 Å². The molecule has 0 spiro atoms. The van der Waals surface area contributed by atoms with E-state index in [0.717, 1.165) is 25.7 Å². The van der Waals surface area contributed by atoms with Gasteiger partial charge in [0.05, 0.1) is 12.1 Å². The van der Waals surface area contributed by atoms with Crippen molar-refractivity contribution in [3.8, 4) is 0 Å². The maximum atomic E-state index is 12.4. The molecule has 0 heterocycles. The number of aliphatic hydroxyl groups is 1. The minimum atomic E-state index is -0.703. The third-order valence-corrected chi connectivity index (χ3v) is 4.26. The standard InChI is InChI=1S/C15H29N3O3/c1-10(2)8-12(17-14(16)21)13(20)18-15(9-19)6-4-11(3)5-7-15/h10-12,19H,4-9H2,1-3H3,(H,18,20)(H3,16,17,21). The summed E-state index contributed by atoms with van der Waals surface area (Å²) in [5, 5.41) is 15.1. The number of urea groups is 1. The molecule has 6 heteroatoms. The van der Waals surface area contributed by atoms with E-state index in [2.05, 4.69) is 17.6 Å². The number of carbonyl (C=O) groups excluding carboxylic acids is 2. The molecule has 0 aromatic carbocycles. The van der Waals surface area contributed by atoms with E-state index in [9.17, 15) is 14.7 Å². The van der Waals surface area contributed by atoms with E-state index in [0.29, 0.717) is 12.3 Å². The van der Waals surface area contributed by atoms with Crippen molar-refractivity contribution in [2.45, 2.75) is 64.5 Å². The van der Waals surface area contributed by atoms with Crippen LogP contribution in [0.15, 0.2) is 0 Å². The number of carbonyl (C=O) groups is 2. The quantitative estimate of drug-likeness (QED) is 0.591. The van der Waals surface area contributed by atoms with E-state index >= 15 is 0 Å². The molecule has 3 amide bonds. The Morgan fingerprint density at radius 2 is 1.90 bits per heavy atom. The summed E-state index contributed by atoms with van der Waals surface area (Å²) in [4.78, 5) is 23.5. The highest BCUT2D eigenvalue weighted by atomic mass is 16.3. The largest absolute Gasteiger partial charge is 0.394 e. The van der Waals surface area contributed by atoms with E-state index in [1.807, 2.05) is 13.8 Å². The fraction of sp³-hybridized carbons (Fsp3) is 0.867. The molecule has 5 N–H and O–H groups in total. The summed E-state index contributed by atoms with van der Waals surface area (Å²) in [6.45, 7) is 6.07. The lowest BCUT2D eigenvalue weighted by Crippen LogP contribution is -2.59. The Bertz CT molecular complexity index is 363. The van der Waals surface area contributed by atoms with Crippen LogP contribution in [0.3, 0.4) is 0 Å². The second kappa shape index (κ2) is 7.64. The highest BCUT2D eigenvalue weighted by molar-refractivity contribution is 5.87. The van der Waals surface area contributed by atoms with Crippen LogP contribution < -0.4 is 16.4 Å². The zero-order valence-corrected chi connectivity index (χ0v) is 13.3. The van der Waals surface area contributed by atoms with Gasteiger partial charge in [-0.15, -0.1) is 0 Å². The Morgan fingerprint density at radius 1 is 1.33 bits per heavy atom. The van der Waals surface area contributed by atoms with Gasteiger partial charge in [0.25, 0.3) is 0 Å². The molecule has 0 aromatic heterocycles. The molecule has 0 bridgehead atoms. The zero-order valence-electron chi connectivity index (χ0n) is 13.3. The number of hydrogen-bond acceptors (Lipinski definition) is 3. The van der Waals surface area contributed by atoms with Crippen molar-refractivity contribution < 1.29 is 14.7 Å². The number of nitrogens with two attached hydrogens (primary N) is 1. The molecule has 1 aliphatic carbocycles. The number of hydrogen-bond donors (Lipinski definition) is 4. The highest BCUT2D eigenvalue weighted by Crippen LogP contribution is 2.31. The molecule has 1 rings (SSSR count). The lowest BCUT2D eigenvalue weighted by molar-refractivity contribution is -0.126. The summed E-state index contributed by atoms with van der Waals surface area (Å²) >= 11 is 0. The van der Waals surface area contributed by atoms with Gasteiger partial charge in [-0.2, -0.15) is 0 Å². The Labute approximate surface area is 126 Å². The van der Waals surface area contributed by atoms with Gasteiger partial charge in [-0.1, -0.05) is 20.8 Å². The van der Waals surface area contributed by atoms with Crippen molar-refractivity contribution in [2.75, 3.05) is 6.61 Å². The van der Waals surface area contributed by atoms with Crippen molar-refractivity contribution in [1.82, 2.24) is 10.6 Å². The predicted molar refractivity (Wildman–Crippen MR) is 81.6 cm³/mol. The average Bonchev–Trinajstić information content (AvgIpc) is 2.40. The first-order valence-corrected chi connectivity index (χ1v) is 7.77. The Hall–Kier alpha value is -1.30. The van der Waals surface area contributed by atoms with Crippen molar-refractivity contribution in [3.63, 3.8) is 0 Å². The monoisotopic (exact) mass is 299 g/mol. The first-order valence-electron chi connectivity index (χ1n) is 7.77. The third kappa shape index (κ3) is 5.53. The fourth-order valence-electron chi connectivity index (χ4n) is 2.86. The molecule has 0 saturated heterocycles. The van der Waals surface area contributed by atoms with Crippen LogP contribution in [0, 0.1) is 11.8 Å². The summed E-state index contributed by atoms with van der Waals surface area (Å²) in [6.07, 6.45) is 4.02. The molecule has 122 valence electrons. The van der Waals surface area contributed by atoms with Crippen LogP contribution in [0.5, 0.6) is 0 Å². The number of amides is 3. The van der Waals surface area contributed by atoms with Gasteiger partial charge in [-0.25, -0.2) is 4.79 Å². The number of aliphatic hydroxyl groups excluding tert-OH is 1. The van der Waals surface area contributed by atoms with Gasteiger partial charge in [0, 0.05) is 0 Å². The molecule has 0 radical (unpaired) electrons.